The second-order valence-electron chi connectivity index (χ2n) is 9.41. The van der Waals surface area contributed by atoms with Crippen LogP contribution < -0.4 is 10.6 Å². The maximum atomic E-state index is 13.4. The van der Waals surface area contributed by atoms with Crippen molar-refractivity contribution in [1.29, 1.82) is 0 Å². The Morgan fingerprint density at radius 3 is 2.43 bits per heavy atom. The van der Waals surface area contributed by atoms with Crippen LogP contribution in [0.25, 0.3) is 22.0 Å². The predicted molar refractivity (Wildman–Crippen MR) is 148 cm³/mol. The minimum Gasteiger partial charge on any atom is -0.462 e. The Balaban J connectivity index is 1.43. The third kappa shape index (κ3) is 5.80. The molecule has 188 valence electrons. The number of nitrogens with zero attached hydrogens (tertiary/aromatic N) is 1. The van der Waals surface area contributed by atoms with Crippen LogP contribution in [0.15, 0.2) is 79.0 Å². The molecule has 1 fully saturated rings. The van der Waals surface area contributed by atoms with Gasteiger partial charge in [-0.1, -0.05) is 49.6 Å². The highest BCUT2D eigenvalue weighted by Crippen LogP contribution is 2.29. The summed E-state index contributed by atoms with van der Waals surface area (Å²) in [6.45, 7) is 2.07. The first-order valence-electron chi connectivity index (χ1n) is 12.9. The van der Waals surface area contributed by atoms with Gasteiger partial charge in [-0.05, 0) is 67.8 Å². The molecule has 1 aromatic heterocycles. The van der Waals surface area contributed by atoms with E-state index in [1.807, 2.05) is 60.8 Å². The van der Waals surface area contributed by atoms with Crippen LogP contribution in [0.4, 0.5) is 11.4 Å². The van der Waals surface area contributed by atoms with Crippen molar-refractivity contribution in [3.05, 3.63) is 90.1 Å². The number of benzene rings is 3. The normalized spacial score (nSPS) is 13.8. The van der Waals surface area contributed by atoms with Crippen molar-refractivity contribution in [2.45, 2.75) is 45.1 Å². The van der Waals surface area contributed by atoms with Gasteiger partial charge in [0.2, 0.25) is 0 Å². The highest BCUT2D eigenvalue weighted by atomic mass is 16.5. The highest BCUT2D eigenvalue weighted by Gasteiger charge is 2.18. The molecule has 6 heteroatoms. The lowest BCUT2D eigenvalue weighted by atomic mass is 9.95. The third-order valence-electron chi connectivity index (χ3n) is 6.79. The van der Waals surface area contributed by atoms with Crippen LogP contribution in [0.2, 0.25) is 0 Å². The Morgan fingerprint density at radius 2 is 1.65 bits per heavy atom. The second kappa shape index (κ2) is 11.2. The van der Waals surface area contributed by atoms with Gasteiger partial charge in [-0.2, -0.15) is 0 Å². The van der Waals surface area contributed by atoms with Gasteiger partial charge >= 0.3 is 5.97 Å². The van der Waals surface area contributed by atoms with E-state index in [1.54, 1.807) is 25.1 Å². The maximum absolute atomic E-state index is 13.4. The van der Waals surface area contributed by atoms with E-state index in [2.05, 4.69) is 15.6 Å². The summed E-state index contributed by atoms with van der Waals surface area (Å²) in [5.74, 6) is -0.660. The SMILES string of the molecule is CCOC(=O)c1ccc(NC2CCCCC2)c(NC(=O)c2ccc3ncc(-c4ccccc4)cc3c2)c1. The van der Waals surface area contributed by atoms with Crippen molar-refractivity contribution >= 4 is 34.2 Å². The molecule has 0 radical (unpaired) electrons. The number of anilines is 2. The fraction of sp³-hybridized carbons (Fsp3) is 0.258. The Bertz CT molecular complexity index is 1410. The molecule has 1 aliphatic carbocycles. The molecule has 4 aromatic rings. The van der Waals surface area contributed by atoms with Crippen LogP contribution in [0.1, 0.15) is 59.7 Å². The molecule has 1 saturated carbocycles. The summed E-state index contributed by atoms with van der Waals surface area (Å²) in [5, 5.41) is 7.50. The highest BCUT2D eigenvalue weighted by molar-refractivity contribution is 6.08. The molecular formula is C31H31N3O3. The van der Waals surface area contributed by atoms with E-state index in [-0.39, 0.29) is 5.91 Å². The van der Waals surface area contributed by atoms with Gasteiger partial charge in [0.1, 0.15) is 0 Å². The zero-order chi connectivity index (χ0) is 25.6. The number of amides is 1. The van der Waals surface area contributed by atoms with E-state index in [9.17, 15) is 9.59 Å². The number of aromatic nitrogens is 1. The van der Waals surface area contributed by atoms with Crippen LogP contribution in [0.5, 0.6) is 0 Å². The molecule has 0 bridgehead atoms. The summed E-state index contributed by atoms with van der Waals surface area (Å²) in [4.78, 5) is 30.4. The first-order chi connectivity index (χ1) is 18.1. The van der Waals surface area contributed by atoms with Crippen molar-refractivity contribution in [3.63, 3.8) is 0 Å². The molecule has 0 aliphatic heterocycles. The summed E-state index contributed by atoms with van der Waals surface area (Å²) < 4.78 is 5.18. The summed E-state index contributed by atoms with van der Waals surface area (Å²) in [7, 11) is 0. The number of ether oxygens (including phenoxy) is 1. The maximum Gasteiger partial charge on any atom is 0.338 e. The van der Waals surface area contributed by atoms with Gasteiger partial charge in [0.05, 0.1) is 29.1 Å². The molecule has 37 heavy (non-hydrogen) atoms. The minimum absolute atomic E-state index is 0.250. The van der Waals surface area contributed by atoms with E-state index in [0.717, 1.165) is 40.6 Å². The van der Waals surface area contributed by atoms with Crippen LogP contribution in [-0.4, -0.2) is 29.5 Å². The number of rotatable bonds is 7. The molecule has 1 heterocycles. The quantitative estimate of drug-likeness (QED) is 0.269. The lowest BCUT2D eigenvalue weighted by molar-refractivity contribution is 0.0526. The van der Waals surface area contributed by atoms with Crippen LogP contribution >= 0.6 is 0 Å². The first-order valence-corrected chi connectivity index (χ1v) is 12.9. The summed E-state index contributed by atoms with van der Waals surface area (Å²) in [5.41, 5.74) is 5.18. The molecule has 1 amide bonds. The average Bonchev–Trinajstić information content (AvgIpc) is 2.94. The lowest BCUT2D eigenvalue weighted by Crippen LogP contribution is -2.23. The molecule has 0 saturated heterocycles. The van der Waals surface area contributed by atoms with Crippen molar-refractivity contribution < 1.29 is 14.3 Å². The molecule has 0 atom stereocenters. The van der Waals surface area contributed by atoms with E-state index in [4.69, 9.17) is 4.74 Å². The van der Waals surface area contributed by atoms with Crippen molar-refractivity contribution in [2.24, 2.45) is 0 Å². The van der Waals surface area contributed by atoms with Gasteiger partial charge in [0.25, 0.3) is 5.91 Å². The minimum atomic E-state index is -0.410. The number of carbonyl (C=O) groups excluding carboxylic acids is 2. The largest absolute Gasteiger partial charge is 0.462 e. The summed E-state index contributed by atoms with van der Waals surface area (Å²) in [6.07, 6.45) is 7.67. The van der Waals surface area contributed by atoms with Crippen molar-refractivity contribution in [2.75, 3.05) is 17.2 Å². The molecule has 3 aromatic carbocycles. The van der Waals surface area contributed by atoms with Gasteiger partial charge < -0.3 is 15.4 Å². The van der Waals surface area contributed by atoms with Gasteiger partial charge in [-0.25, -0.2) is 4.79 Å². The molecular weight excluding hydrogens is 462 g/mol. The predicted octanol–water partition coefficient (Wildman–Crippen LogP) is 7.08. The number of carbonyl (C=O) groups is 2. The number of fused-ring (bicyclic) bond motifs is 1. The van der Waals surface area contributed by atoms with Gasteiger partial charge in [0, 0.05) is 28.8 Å². The Labute approximate surface area is 217 Å². The molecule has 6 nitrogen and oxygen atoms in total. The fourth-order valence-corrected chi connectivity index (χ4v) is 4.84. The van der Waals surface area contributed by atoms with Gasteiger partial charge in [-0.15, -0.1) is 0 Å². The zero-order valence-electron chi connectivity index (χ0n) is 21.0. The van der Waals surface area contributed by atoms with E-state index >= 15 is 0 Å². The molecule has 2 N–H and O–H groups in total. The van der Waals surface area contributed by atoms with Crippen LogP contribution in [-0.2, 0) is 4.74 Å². The number of esters is 1. The van der Waals surface area contributed by atoms with E-state index in [0.29, 0.717) is 29.5 Å². The van der Waals surface area contributed by atoms with Crippen molar-refractivity contribution in [1.82, 2.24) is 4.98 Å². The summed E-state index contributed by atoms with van der Waals surface area (Å²) in [6, 6.07) is 23.2. The average molecular weight is 494 g/mol. The molecule has 0 spiro atoms. The molecule has 1 aliphatic rings. The van der Waals surface area contributed by atoms with Gasteiger partial charge in [0.15, 0.2) is 0 Å². The number of hydrogen-bond acceptors (Lipinski definition) is 5. The topological polar surface area (TPSA) is 80.3 Å². The first kappa shape index (κ1) is 24.5. The fourth-order valence-electron chi connectivity index (χ4n) is 4.84. The smallest absolute Gasteiger partial charge is 0.338 e. The number of nitrogens with one attached hydrogen (secondary N) is 2. The standard InChI is InChI=1S/C31H31N3O3/c1-2-37-31(36)23-14-16-28(33-26-11-7-4-8-12-26)29(19-23)34-30(35)22-13-15-27-24(17-22)18-25(20-32-27)21-9-5-3-6-10-21/h3,5-6,9-10,13-20,26,33H,2,4,7-8,11-12H2,1H3,(H,34,35). The second-order valence-corrected chi connectivity index (χ2v) is 9.41. The van der Waals surface area contributed by atoms with Crippen LogP contribution in [0.3, 0.4) is 0 Å². The molecule has 5 rings (SSSR count). The monoisotopic (exact) mass is 493 g/mol. The number of pyridine rings is 1. The zero-order valence-corrected chi connectivity index (χ0v) is 21.0. The lowest BCUT2D eigenvalue weighted by Gasteiger charge is -2.25. The Morgan fingerprint density at radius 1 is 0.865 bits per heavy atom. The van der Waals surface area contributed by atoms with E-state index in [1.165, 1.54) is 19.3 Å². The Kier molecular flexibility index (Phi) is 7.45. The third-order valence-corrected chi connectivity index (χ3v) is 6.79. The Hall–Kier alpha value is -4.19. The van der Waals surface area contributed by atoms with Crippen LogP contribution in [0, 0.1) is 0 Å². The molecule has 0 unspecified atom stereocenters. The van der Waals surface area contributed by atoms with Gasteiger partial charge in [-0.3, -0.25) is 9.78 Å². The number of hydrogen-bond donors (Lipinski definition) is 2. The van der Waals surface area contributed by atoms with E-state index < -0.39 is 5.97 Å². The van der Waals surface area contributed by atoms with Crippen molar-refractivity contribution in [3.8, 4) is 11.1 Å². The summed E-state index contributed by atoms with van der Waals surface area (Å²) >= 11 is 0.